The molecule has 2 rings (SSSR count). The smallest absolute Gasteiger partial charge is 0.339 e. The van der Waals surface area contributed by atoms with Crippen molar-refractivity contribution in [3.8, 4) is 11.5 Å². The van der Waals surface area contributed by atoms with Crippen molar-refractivity contribution >= 4 is 17.9 Å². The lowest BCUT2D eigenvalue weighted by Crippen LogP contribution is -2.47. The number of hydrogen-bond donors (Lipinski definition) is 2. The summed E-state index contributed by atoms with van der Waals surface area (Å²) in [5, 5.41) is 4.97. The van der Waals surface area contributed by atoms with Crippen LogP contribution in [0.2, 0.25) is 0 Å². The SMILES string of the molecule is CCCOc1ccc(C(=O)O[C@@H](C)C(=O)NC(=O)NC2CCCC2)cc1OCC. The summed E-state index contributed by atoms with van der Waals surface area (Å²) in [4.78, 5) is 36.4. The van der Waals surface area contributed by atoms with Crippen molar-refractivity contribution in [1.29, 1.82) is 0 Å². The molecule has 8 heteroatoms. The monoisotopic (exact) mass is 406 g/mol. The largest absolute Gasteiger partial charge is 0.490 e. The first-order chi connectivity index (χ1) is 13.9. The number of imide groups is 1. The van der Waals surface area contributed by atoms with Crippen LogP contribution < -0.4 is 20.1 Å². The van der Waals surface area contributed by atoms with Crippen LogP contribution in [-0.4, -0.2) is 43.3 Å². The molecule has 0 heterocycles. The Morgan fingerprint density at radius 3 is 2.48 bits per heavy atom. The van der Waals surface area contributed by atoms with Gasteiger partial charge in [-0.15, -0.1) is 0 Å². The summed E-state index contributed by atoms with van der Waals surface area (Å²) in [5.74, 6) is -0.392. The van der Waals surface area contributed by atoms with Gasteiger partial charge < -0.3 is 19.5 Å². The van der Waals surface area contributed by atoms with Gasteiger partial charge in [-0.25, -0.2) is 9.59 Å². The molecule has 1 aliphatic rings. The number of carbonyl (C=O) groups is 3. The normalized spacial score (nSPS) is 14.7. The Labute approximate surface area is 171 Å². The molecule has 29 heavy (non-hydrogen) atoms. The highest BCUT2D eigenvalue weighted by Gasteiger charge is 2.23. The zero-order valence-electron chi connectivity index (χ0n) is 17.3. The van der Waals surface area contributed by atoms with E-state index >= 15 is 0 Å². The van der Waals surface area contributed by atoms with Gasteiger partial charge in [-0.1, -0.05) is 19.8 Å². The number of nitrogens with one attached hydrogen (secondary N) is 2. The average Bonchev–Trinajstić information content (AvgIpc) is 3.19. The zero-order chi connectivity index (χ0) is 21.2. The van der Waals surface area contributed by atoms with Gasteiger partial charge in [0, 0.05) is 6.04 Å². The van der Waals surface area contributed by atoms with Crippen molar-refractivity contribution in [2.45, 2.75) is 65.0 Å². The summed E-state index contributed by atoms with van der Waals surface area (Å²) in [6.45, 7) is 6.18. The Hall–Kier alpha value is -2.77. The molecule has 0 radical (unpaired) electrons. The molecule has 1 aromatic rings. The molecule has 8 nitrogen and oxygen atoms in total. The van der Waals surface area contributed by atoms with Crippen molar-refractivity contribution in [1.82, 2.24) is 10.6 Å². The fourth-order valence-corrected chi connectivity index (χ4v) is 3.02. The Morgan fingerprint density at radius 1 is 1.10 bits per heavy atom. The molecule has 0 aliphatic heterocycles. The minimum absolute atomic E-state index is 0.0890. The molecule has 0 saturated heterocycles. The van der Waals surface area contributed by atoms with Crippen molar-refractivity contribution < 1.29 is 28.6 Å². The van der Waals surface area contributed by atoms with Gasteiger partial charge in [0.2, 0.25) is 0 Å². The van der Waals surface area contributed by atoms with Gasteiger partial charge in [0.1, 0.15) is 0 Å². The highest BCUT2D eigenvalue weighted by Crippen LogP contribution is 2.29. The number of carbonyl (C=O) groups excluding carboxylic acids is 3. The van der Waals surface area contributed by atoms with Gasteiger partial charge in [0.25, 0.3) is 5.91 Å². The Morgan fingerprint density at radius 2 is 1.83 bits per heavy atom. The summed E-state index contributed by atoms with van der Waals surface area (Å²) in [6.07, 6.45) is 3.68. The molecule has 160 valence electrons. The van der Waals surface area contributed by atoms with E-state index in [0.717, 1.165) is 32.1 Å². The van der Waals surface area contributed by atoms with E-state index in [0.29, 0.717) is 24.7 Å². The Bertz CT molecular complexity index is 715. The maximum atomic E-state index is 12.4. The minimum atomic E-state index is -1.12. The minimum Gasteiger partial charge on any atom is -0.490 e. The average molecular weight is 406 g/mol. The Kier molecular flexibility index (Phi) is 8.76. The number of ether oxygens (including phenoxy) is 3. The van der Waals surface area contributed by atoms with Gasteiger partial charge >= 0.3 is 12.0 Å². The van der Waals surface area contributed by atoms with Crippen LogP contribution in [-0.2, 0) is 9.53 Å². The zero-order valence-corrected chi connectivity index (χ0v) is 17.3. The molecular formula is C21H30N2O6. The third kappa shape index (κ3) is 6.96. The standard InChI is InChI=1S/C21H30N2O6/c1-4-12-28-17-11-10-15(13-18(17)27-5-2)20(25)29-14(3)19(24)23-21(26)22-16-8-6-7-9-16/h10-11,13-14,16H,4-9,12H2,1-3H3,(H2,22,23,24,26)/t14-/m0/s1. The first kappa shape index (κ1) is 22.5. The van der Waals surface area contributed by atoms with E-state index in [1.165, 1.54) is 13.0 Å². The summed E-state index contributed by atoms with van der Waals surface area (Å²) in [5.41, 5.74) is 0.229. The van der Waals surface area contributed by atoms with Crippen LogP contribution in [0.1, 0.15) is 63.2 Å². The van der Waals surface area contributed by atoms with Crippen LogP contribution >= 0.6 is 0 Å². The number of hydrogen-bond acceptors (Lipinski definition) is 6. The number of esters is 1. The van der Waals surface area contributed by atoms with Crippen molar-refractivity contribution in [3.63, 3.8) is 0 Å². The van der Waals surface area contributed by atoms with E-state index < -0.39 is 24.0 Å². The molecule has 0 spiro atoms. The summed E-state index contributed by atoms with van der Waals surface area (Å²) >= 11 is 0. The first-order valence-corrected chi connectivity index (χ1v) is 10.2. The van der Waals surface area contributed by atoms with E-state index in [4.69, 9.17) is 14.2 Å². The lowest BCUT2D eigenvalue weighted by atomic mass is 10.2. The maximum absolute atomic E-state index is 12.4. The lowest BCUT2D eigenvalue weighted by Gasteiger charge is -2.16. The maximum Gasteiger partial charge on any atom is 0.339 e. The van der Waals surface area contributed by atoms with E-state index in [2.05, 4.69) is 10.6 Å². The van der Waals surface area contributed by atoms with Crippen molar-refractivity contribution in [2.75, 3.05) is 13.2 Å². The van der Waals surface area contributed by atoms with E-state index in [1.807, 2.05) is 13.8 Å². The van der Waals surface area contributed by atoms with Crippen LogP contribution in [0.25, 0.3) is 0 Å². The van der Waals surface area contributed by atoms with Crippen LogP contribution in [0.5, 0.6) is 11.5 Å². The van der Waals surface area contributed by atoms with E-state index in [1.54, 1.807) is 12.1 Å². The molecule has 3 amide bonds. The third-order valence-corrected chi connectivity index (χ3v) is 4.52. The summed E-state index contributed by atoms with van der Waals surface area (Å²) < 4.78 is 16.3. The number of amides is 3. The predicted octanol–water partition coefficient (Wildman–Crippen LogP) is 3.19. The Balaban J connectivity index is 1.92. The van der Waals surface area contributed by atoms with Crippen LogP contribution in [0.4, 0.5) is 4.79 Å². The number of urea groups is 1. The van der Waals surface area contributed by atoms with Gasteiger partial charge in [-0.3, -0.25) is 10.1 Å². The highest BCUT2D eigenvalue weighted by molar-refractivity contribution is 5.98. The summed E-state index contributed by atoms with van der Waals surface area (Å²) in [6, 6.07) is 4.23. The molecule has 0 unspecified atom stereocenters. The van der Waals surface area contributed by atoms with E-state index in [-0.39, 0.29) is 11.6 Å². The second-order valence-electron chi connectivity index (χ2n) is 6.93. The van der Waals surface area contributed by atoms with Crippen LogP contribution in [0, 0.1) is 0 Å². The first-order valence-electron chi connectivity index (χ1n) is 10.2. The van der Waals surface area contributed by atoms with Gasteiger partial charge in [0.15, 0.2) is 17.6 Å². The second kappa shape index (κ2) is 11.3. The third-order valence-electron chi connectivity index (χ3n) is 4.52. The van der Waals surface area contributed by atoms with Gasteiger partial charge in [-0.2, -0.15) is 0 Å². The molecule has 1 saturated carbocycles. The fraction of sp³-hybridized carbons (Fsp3) is 0.571. The van der Waals surface area contributed by atoms with Crippen molar-refractivity contribution in [2.24, 2.45) is 0 Å². The fourth-order valence-electron chi connectivity index (χ4n) is 3.02. The molecule has 2 N–H and O–H groups in total. The topological polar surface area (TPSA) is 103 Å². The van der Waals surface area contributed by atoms with Crippen molar-refractivity contribution in [3.05, 3.63) is 23.8 Å². The van der Waals surface area contributed by atoms with Gasteiger partial charge in [-0.05, 0) is 51.3 Å². The molecule has 0 bridgehead atoms. The highest BCUT2D eigenvalue weighted by atomic mass is 16.5. The van der Waals surface area contributed by atoms with E-state index in [9.17, 15) is 14.4 Å². The van der Waals surface area contributed by atoms with Gasteiger partial charge in [0.05, 0.1) is 18.8 Å². The molecular weight excluding hydrogens is 376 g/mol. The number of benzene rings is 1. The quantitative estimate of drug-likeness (QED) is 0.611. The predicted molar refractivity (Wildman–Crippen MR) is 107 cm³/mol. The molecule has 0 aromatic heterocycles. The lowest BCUT2D eigenvalue weighted by molar-refractivity contribution is -0.127. The van der Waals surface area contributed by atoms with Crippen LogP contribution in [0.3, 0.4) is 0 Å². The van der Waals surface area contributed by atoms with Crippen LogP contribution in [0.15, 0.2) is 18.2 Å². The molecule has 1 aliphatic carbocycles. The molecule has 1 aromatic carbocycles. The number of rotatable bonds is 9. The second-order valence-corrected chi connectivity index (χ2v) is 6.93. The molecule has 1 atom stereocenters. The molecule has 1 fully saturated rings. The summed E-state index contributed by atoms with van der Waals surface area (Å²) in [7, 11) is 0.